The van der Waals surface area contributed by atoms with Gasteiger partial charge in [0.15, 0.2) is 0 Å². The van der Waals surface area contributed by atoms with Crippen molar-refractivity contribution in [1.82, 2.24) is 15.1 Å². The normalized spacial score (nSPS) is 12.1. The van der Waals surface area contributed by atoms with E-state index in [0.29, 0.717) is 11.3 Å². The topological polar surface area (TPSA) is 41.2 Å². The summed E-state index contributed by atoms with van der Waals surface area (Å²) in [5.41, 5.74) is 1.90. The van der Waals surface area contributed by atoms with E-state index in [2.05, 4.69) is 29.1 Å². The highest BCUT2D eigenvalue weighted by molar-refractivity contribution is 5.82. The first-order valence-corrected chi connectivity index (χ1v) is 9.31. The smallest absolute Gasteiger partial charge is 0.416 e. The molecule has 0 bridgehead atoms. The predicted molar refractivity (Wildman–Crippen MR) is 103 cm³/mol. The van der Waals surface area contributed by atoms with E-state index < -0.39 is 11.7 Å². The first-order chi connectivity index (χ1) is 13.4. The lowest BCUT2D eigenvalue weighted by atomic mass is 10.1. The van der Waals surface area contributed by atoms with Gasteiger partial charge in [-0.3, -0.25) is 5.10 Å². The molecule has 150 valence electrons. The van der Waals surface area contributed by atoms with Crippen LogP contribution in [0.3, 0.4) is 0 Å². The Morgan fingerprint density at radius 2 is 1.86 bits per heavy atom. The van der Waals surface area contributed by atoms with Crippen molar-refractivity contribution >= 4 is 10.9 Å². The average Bonchev–Trinajstić information content (AvgIpc) is 3.06. The molecule has 28 heavy (non-hydrogen) atoms. The van der Waals surface area contributed by atoms with Gasteiger partial charge in [-0.05, 0) is 55.9 Å². The molecule has 3 aromatic rings. The van der Waals surface area contributed by atoms with Gasteiger partial charge in [-0.2, -0.15) is 18.3 Å². The van der Waals surface area contributed by atoms with Crippen molar-refractivity contribution < 1.29 is 17.9 Å². The molecule has 2 aromatic carbocycles. The highest BCUT2D eigenvalue weighted by Gasteiger charge is 2.29. The first kappa shape index (κ1) is 20.2. The summed E-state index contributed by atoms with van der Waals surface area (Å²) in [6.07, 6.45) is -2.04. The average molecular weight is 391 g/mol. The molecule has 0 spiro atoms. The number of rotatable bonds is 8. The van der Waals surface area contributed by atoms with Crippen molar-refractivity contribution in [1.29, 1.82) is 0 Å². The number of unbranched alkanes of at least 4 members (excludes halogenated alkanes) is 1. The molecule has 0 unspecified atom stereocenters. The molecule has 1 N–H and O–H groups in total. The Bertz CT molecular complexity index is 903. The Labute approximate surface area is 162 Å². The van der Waals surface area contributed by atoms with Gasteiger partial charge in [0, 0.05) is 11.9 Å². The number of hydrogen-bond acceptors (Lipinski definition) is 3. The molecule has 1 heterocycles. The quantitative estimate of drug-likeness (QED) is 0.560. The van der Waals surface area contributed by atoms with Crippen LogP contribution >= 0.6 is 0 Å². The van der Waals surface area contributed by atoms with Crippen LogP contribution in [0.4, 0.5) is 13.2 Å². The monoisotopic (exact) mass is 391 g/mol. The maximum Gasteiger partial charge on any atom is 0.416 e. The van der Waals surface area contributed by atoms with Gasteiger partial charge in [-0.1, -0.05) is 25.5 Å². The number of fused-ring (bicyclic) bond motifs is 1. The standard InChI is InChI=1S/C21H24F3N3O/c1-3-4-11-27(2)13-20-18-12-17(9-10-19(18)25-26-20)28-14-15-5-7-16(8-6-15)21(22,23)24/h5-10,12H,3-4,11,13-14H2,1-2H3,(H,25,26). The van der Waals surface area contributed by atoms with Crippen LogP contribution in [0.1, 0.15) is 36.6 Å². The molecular formula is C21H24F3N3O. The fourth-order valence-electron chi connectivity index (χ4n) is 2.99. The van der Waals surface area contributed by atoms with Crippen molar-refractivity contribution in [3.05, 3.63) is 59.3 Å². The summed E-state index contributed by atoms with van der Waals surface area (Å²) < 4.78 is 43.7. The fourth-order valence-corrected chi connectivity index (χ4v) is 2.99. The molecule has 0 aliphatic rings. The SMILES string of the molecule is CCCCN(C)Cc1[nH]nc2ccc(OCc3ccc(C(F)(F)F)cc3)cc12. The van der Waals surface area contributed by atoms with Gasteiger partial charge in [0.2, 0.25) is 0 Å². The number of H-pyrrole nitrogens is 1. The molecule has 1 aromatic heterocycles. The van der Waals surface area contributed by atoms with Gasteiger partial charge in [0.05, 0.1) is 16.8 Å². The van der Waals surface area contributed by atoms with Crippen LogP contribution in [0.5, 0.6) is 5.75 Å². The predicted octanol–water partition coefficient (Wildman–Crippen LogP) is 5.39. The highest BCUT2D eigenvalue weighted by atomic mass is 19.4. The minimum Gasteiger partial charge on any atom is -0.489 e. The molecule has 0 radical (unpaired) electrons. The van der Waals surface area contributed by atoms with Crippen LogP contribution in [0, 0.1) is 0 Å². The number of ether oxygens (including phenoxy) is 1. The number of aromatic amines is 1. The number of alkyl halides is 3. The maximum absolute atomic E-state index is 12.6. The van der Waals surface area contributed by atoms with Crippen molar-refractivity contribution in [3.63, 3.8) is 0 Å². The van der Waals surface area contributed by atoms with E-state index in [4.69, 9.17) is 4.74 Å². The second kappa shape index (κ2) is 8.65. The summed E-state index contributed by atoms with van der Waals surface area (Å²) in [6, 6.07) is 10.6. The lowest BCUT2D eigenvalue weighted by Crippen LogP contribution is -2.19. The van der Waals surface area contributed by atoms with Crippen LogP contribution in [0.2, 0.25) is 0 Å². The molecule has 0 aliphatic carbocycles. The van der Waals surface area contributed by atoms with Crippen LogP contribution in [-0.4, -0.2) is 28.7 Å². The van der Waals surface area contributed by atoms with E-state index in [9.17, 15) is 13.2 Å². The zero-order valence-electron chi connectivity index (χ0n) is 16.0. The van der Waals surface area contributed by atoms with E-state index >= 15 is 0 Å². The molecule has 4 nitrogen and oxygen atoms in total. The Balaban J connectivity index is 1.67. The summed E-state index contributed by atoms with van der Waals surface area (Å²) in [7, 11) is 2.08. The largest absolute Gasteiger partial charge is 0.489 e. The van der Waals surface area contributed by atoms with Crippen molar-refractivity contribution in [2.75, 3.05) is 13.6 Å². The second-order valence-corrected chi connectivity index (χ2v) is 6.96. The summed E-state index contributed by atoms with van der Waals surface area (Å²) in [6.45, 7) is 4.15. The molecule has 0 amide bonds. The maximum atomic E-state index is 12.6. The van der Waals surface area contributed by atoms with Crippen LogP contribution in [0.15, 0.2) is 42.5 Å². The fraction of sp³-hybridized carbons (Fsp3) is 0.381. The number of halogens is 3. The van der Waals surface area contributed by atoms with E-state index in [-0.39, 0.29) is 6.61 Å². The van der Waals surface area contributed by atoms with Gasteiger partial charge in [0.1, 0.15) is 12.4 Å². The summed E-state index contributed by atoms with van der Waals surface area (Å²) in [4.78, 5) is 2.24. The lowest BCUT2D eigenvalue weighted by molar-refractivity contribution is -0.137. The molecule has 7 heteroatoms. The minimum absolute atomic E-state index is 0.202. The molecule has 3 rings (SSSR count). The van der Waals surface area contributed by atoms with Gasteiger partial charge >= 0.3 is 6.18 Å². The third-order valence-corrected chi connectivity index (χ3v) is 4.61. The highest BCUT2D eigenvalue weighted by Crippen LogP contribution is 2.29. The summed E-state index contributed by atoms with van der Waals surface area (Å²) >= 11 is 0. The molecule has 0 aliphatic heterocycles. The first-order valence-electron chi connectivity index (χ1n) is 9.31. The van der Waals surface area contributed by atoms with Gasteiger partial charge in [-0.25, -0.2) is 0 Å². The number of benzene rings is 2. The summed E-state index contributed by atoms with van der Waals surface area (Å²) in [5, 5.41) is 8.41. The number of nitrogens with zero attached hydrogens (tertiary/aromatic N) is 2. The van der Waals surface area contributed by atoms with E-state index in [0.717, 1.165) is 54.7 Å². The Morgan fingerprint density at radius 1 is 1.11 bits per heavy atom. The van der Waals surface area contributed by atoms with Crippen molar-refractivity contribution in [3.8, 4) is 5.75 Å². The third kappa shape index (κ3) is 5.04. The zero-order chi connectivity index (χ0) is 20.1. The molecule has 0 saturated heterocycles. The molecular weight excluding hydrogens is 367 g/mol. The van der Waals surface area contributed by atoms with E-state index in [1.54, 1.807) is 0 Å². The van der Waals surface area contributed by atoms with E-state index in [1.807, 2.05) is 18.2 Å². The van der Waals surface area contributed by atoms with Gasteiger partial charge in [0.25, 0.3) is 0 Å². The molecule has 0 atom stereocenters. The Morgan fingerprint density at radius 3 is 2.54 bits per heavy atom. The molecule has 0 saturated carbocycles. The Hall–Kier alpha value is -2.54. The van der Waals surface area contributed by atoms with Crippen LogP contribution < -0.4 is 4.74 Å². The van der Waals surface area contributed by atoms with Crippen LogP contribution in [0.25, 0.3) is 10.9 Å². The van der Waals surface area contributed by atoms with Crippen LogP contribution in [-0.2, 0) is 19.3 Å². The minimum atomic E-state index is -4.33. The van der Waals surface area contributed by atoms with Gasteiger partial charge in [-0.15, -0.1) is 0 Å². The number of hydrogen-bond donors (Lipinski definition) is 1. The Kier molecular flexibility index (Phi) is 6.24. The number of aromatic nitrogens is 2. The zero-order valence-corrected chi connectivity index (χ0v) is 16.0. The number of nitrogens with one attached hydrogen (secondary N) is 1. The second-order valence-electron chi connectivity index (χ2n) is 6.96. The molecule has 0 fully saturated rings. The van der Waals surface area contributed by atoms with Gasteiger partial charge < -0.3 is 9.64 Å². The van der Waals surface area contributed by atoms with E-state index in [1.165, 1.54) is 12.1 Å². The lowest BCUT2D eigenvalue weighted by Gasteiger charge is -2.15. The van der Waals surface area contributed by atoms with Crippen molar-refractivity contribution in [2.24, 2.45) is 0 Å². The van der Waals surface area contributed by atoms with Crippen molar-refractivity contribution in [2.45, 2.75) is 39.1 Å². The third-order valence-electron chi connectivity index (χ3n) is 4.61. The summed E-state index contributed by atoms with van der Waals surface area (Å²) in [5.74, 6) is 0.659.